The molecule has 6 heteroatoms. The van der Waals surface area contributed by atoms with Gasteiger partial charge < -0.3 is 5.32 Å². The van der Waals surface area contributed by atoms with Crippen LogP contribution in [0.25, 0.3) is 0 Å². The largest absolute Gasteiger partial charge is 0.325 e. The van der Waals surface area contributed by atoms with Crippen molar-refractivity contribution in [3.63, 3.8) is 0 Å². The smallest absolute Gasteiger partial charge is 0.241 e. The van der Waals surface area contributed by atoms with Crippen molar-refractivity contribution in [2.45, 2.75) is 19.5 Å². The Bertz CT molecular complexity index is 690. The maximum atomic E-state index is 12.3. The fourth-order valence-electron chi connectivity index (χ4n) is 1.89. The molecule has 1 aromatic carbocycles. The summed E-state index contributed by atoms with van der Waals surface area (Å²) < 4.78 is 0.748. The lowest BCUT2D eigenvalue weighted by Gasteiger charge is -2.23. The summed E-state index contributed by atoms with van der Waals surface area (Å²) >= 11 is 7.43. The second-order valence-electron chi connectivity index (χ2n) is 4.98. The first kappa shape index (κ1) is 16.5. The van der Waals surface area contributed by atoms with E-state index in [2.05, 4.69) is 5.32 Å². The molecule has 114 valence electrons. The number of carbonyl (C=O) groups is 1. The molecule has 0 aliphatic heterocycles. The number of likely N-dealkylation sites (N-methyl/N-ethyl adjacent to an activating group) is 1. The molecule has 0 aliphatic carbocycles. The van der Waals surface area contributed by atoms with Gasteiger partial charge in [0, 0.05) is 17.1 Å². The van der Waals surface area contributed by atoms with E-state index in [4.69, 9.17) is 16.9 Å². The first-order chi connectivity index (χ1) is 10.5. The fraction of sp³-hybridized carbons (Fsp3) is 0.250. The minimum Gasteiger partial charge on any atom is -0.325 e. The summed E-state index contributed by atoms with van der Waals surface area (Å²) in [4.78, 5) is 15.3. The molecule has 0 saturated heterocycles. The summed E-state index contributed by atoms with van der Waals surface area (Å²) in [6.07, 6.45) is 0. The maximum Gasteiger partial charge on any atom is 0.241 e. The highest BCUT2D eigenvalue weighted by molar-refractivity contribution is 7.16. The van der Waals surface area contributed by atoms with E-state index in [9.17, 15) is 4.79 Å². The van der Waals surface area contributed by atoms with Crippen molar-refractivity contribution in [2.75, 3.05) is 12.4 Å². The first-order valence-electron chi connectivity index (χ1n) is 6.75. The number of nitrogens with zero attached hydrogens (tertiary/aromatic N) is 2. The molecule has 22 heavy (non-hydrogen) atoms. The van der Waals surface area contributed by atoms with Gasteiger partial charge in [0.05, 0.1) is 22.0 Å². The van der Waals surface area contributed by atoms with E-state index >= 15 is 0 Å². The highest BCUT2D eigenvalue weighted by Crippen LogP contribution is 2.23. The summed E-state index contributed by atoms with van der Waals surface area (Å²) in [6.45, 7) is 2.52. The van der Waals surface area contributed by atoms with Gasteiger partial charge in [-0.3, -0.25) is 9.69 Å². The Labute approximate surface area is 138 Å². The van der Waals surface area contributed by atoms with E-state index < -0.39 is 0 Å². The van der Waals surface area contributed by atoms with E-state index in [1.165, 1.54) is 11.3 Å². The van der Waals surface area contributed by atoms with E-state index in [1.807, 2.05) is 37.1 Å². The van der Waals surface area contributed by atoms with Crippen LogP contribution in [0.3, 0.4) is 0 Å². The summed E-state index contributed by atoms with van der Waals surface area (Å²) in [5.41, 5.74) is 1.25. The SMILES string of the molecule is C[C@@H](C(=O)Nc1ccc(C#N)cc1)N(C)Cc1ccc(Cl)s1. The van der Waals surface area contributed by atoms with Crippen LogP contribution in [0.1, 0.15) is 17.4 Å². The molecule has 0 saturated carbocycles. The number of rotatable bonds is 5. The van der Waals surface area contributed by atoms with Crippen molar-refractivity contribution >= 4 is 34.5 Å². The molecule has 0 aliphatic rings. The predicted octanol–water partition coefficient (Wildman–Crippen LogP) is 3.73. The van der Waals surface area contributed by atoms with Crippen molar-refractivity contribution in [2.24, 2.45) is 0 Å². The van der Waals surface area contributed by atoms with Gasteiger partial charge in [-0.1, -0.05) is 11.6 Å². The second kappa shape index (κ2) is 7.41. The van der Waals surface area contributed by atoms with Gasteiger partial charge in [-0.25, -0.2) is 0 Å². The van der Waals surface area contributed by atoms with Gasteiger partial charge in [0.25, 0.3) is 0 Å². The Kier molecular flexibility index (Phi) is 5.56. The van der Waals surface area contributed by atoms with E-state index in [0.717, 1.165) is 9.21 Å². The number of carbonyl (C=O) groups excluding carboxylic acids is 1. The molecule has 1 atom stereocenters. The second-order valence-corrected chi connectivity index (χ2v) is 6.77. The third-order valence-electron chi connectivity index (χ3n) is 3.36. The van der Waals surface area contributed by atoms with Crippen molar-refractivity contribution in [3.05, 3.63) is 51.2 Å². The van der Waals surface area contributed by atoms with Crippen LogP contribution in [-0.2, 0) is 11.3 Å². The molecule has 0 bridgehead atoms. The Morgan fingerprint density at radius 1 is 1.36 bits per heavy atom. The van der Waals surface area contributed by atoms with Crippen molar-refractivity contribution < 1.29 is 4.79 Å². The average Bonchev–Trinajstić information content (AvgIpc) is 2.92. The number of hydrogen-bond acceptors (Lipinski definition) is 4. The van der Waals surface area contributed by atoms with Crippen LogP contribution in [0, 0.1) is 11.3 Å². The Hall–Kier alpha value is -1.87. The third kappa shape index (κ3) is 4.31. The lowest BCUT2D eigenvalue weighted by atomic mass is 10.2. The molecule has 0 spiro atoms. The minimum atomic E-state index is -0.281. The minimum absolute atomic E-state index is 0.0881. The Morgan fingerprint density at radius 2 is 2.05 bits per heavy atom. The lowest BCUT2D eigenvalue weighted by molar-refractivity contribution is -0.120. The number of benzene rings is 1. The molecule has 0 radical (unpaired) electrons. The highest BCUT2D eigenvalue weighted by atomic mass is 35.5. The summed E-state index contributed by atoms with van der Waals surface area (Å²) in [5, 5.41) is 11.6. The quantitative estimate of drug-likeness (QED) is 0.907. The highest BCUT2D eigenvalue weighted by Gasteiger charge is 2.18. The van der Waals surface area contributed by atoms with Gasteiger partial charge in [-0.2, -0.15) is 5.26 Å². The van der Waals surface area contributed by atoms with Crippen molar-refractivity contribution in [3.8, 4) is 6.07 Å². The summed E-state index contributed by atoms with van der Waals surface area (Å²) in [5.74, 6) is -0.0881. The average molecular weight is 334 g/mol. The number of nitrogens with one attached hydrogen (secondary N) is 1. The molecule has 1 aromatic heterocycles. The topological polar surface area (TPSA) is 56.1 Å². The Balaban J connectivity index is 1.94. The molecule has 1 N–H and O–H groups in total. The molecule has 0 unspecified atom stereocenters. The number of anilines is 1. The van der Waals surface area contributed by atoms with Crippen LogP contribution in [0.2, 0.25) is 4.34 Å². The lowest BCUT2D eigenvalue weighted by Crippen LogP contribution is -2.39. The molecular formula is C16H16ClN3OS. The van der Waals surface area contributed by atoms with Crippen LogP contribution in [0.15, 0.2) is 36.4 Å². The molecular weight excluding hydrogens is 318 g/mol. The molecule has 1 amide bonds. The standard InChI is InChI=1S/C16H16ClN3OS/c1-11(20(2)10-14-7-8-15(17)22-14)16(21)19-13-5-3-12(9-18)4-6-13/h3-8,11H,10H2,1-2H3,(H,19,21)/t11-/m0/s1. The molecule has 4 nitrogen and oxygen atoms in total. The Morgan fingerprint density at radius 3 is 2.59 bits per heavy atom. The van der Waals surface area contributed by atoms with Gasteiger partial charge in [0.15, 0.2) is 0 Å². The van der Waals surface area contributed by atoms with Crippen molar-refractivity contribution in [1.82, 2.24) is 4.90 Å². The predicted molar refractivity (Wildman–Crippen MR) is 90.0 cm³/mol. The van der Waals surface area contributed by atoms with Gasteiger partial charge in [0.2, 0.25) is 5.91 Å². The van der Waals surface area contributed by atoms with Gasteiger partial charge in [0.1, 0.15) is 0 Å². The van der Waals surface area contributed by atoms with Crippen LogP contribution < -0.4 is 5.32 Å². The first-order valence-corrected chi connectivity index (χ1v) is 7.94. The number of thiophene rings is 1. The third-order valence-corrected chi connectivity index (χ3v) is 4.57. The van der Waals surface area contributed by atoms with E-state index in [0.29, 0.717) is 17.8 Å². The van der Waals surface area contributed by atoms with Crippen LogP contribution in [0.4, 0.5) is 5.69 Å². The normalized spacial score (nSPS) is 12.0. The van der Waals surface area contributed by atoms with Crippen LogP contribution in [-0.4, -0.2) is 23.9 Å². The summed E-state index contributed by atoms with van der Waals surface area (Å²) in [7, 11) is 1.90. The molecule has 1 heterocycles. The fourth-order valence-corrected chi connectivity index (χ4v) is 3.05. The zero-order valence-electron chi connectivity index (χ0n) is 12.3. The van der Waals surface area contributed by atoms with E-state index in [-0.39, 0.29) is 11.9 Å². The van der Waals surface area contributed by atoms with Crippen LogP contribution in [0.5, 0.6) is 0 Å². The van der Waals surface area contributed by atoms with Gasteiger partial charge in [-0.05, 0) is 50.4 Å². The van der Waals surface area contributed by atoms with Crippen molar-refractivity contribution in [1.29, 1.82) is 5.26 Å². The zero-order chi connectivity index (χ0) is 16.1. The number of hydrogen-bond donors (Lipinski definition) is 1. The van der Waals surface area contributed by atoms with Gasteiger partial charge >= 0.3 is 0 Å². The molecule has 2 rings (SSSR count). The van der Waals surface area contributed by atoms with E-state index in [1.54, 1.807) is 24.3 Å². The number of halogens is 1. The number of nitriles is 1. The molecule has 0 fully saturated rings. The number of amides is 1. The molecule has 2 aromatic rings. The summed E-state index contributed by atoms with van der Waals surface area (Å²) in [6, 6.07) is 12.4. The van der Waals surface area contributed by atoms with Gasteiger partial charge in [-0.15, -0.1) is 11.3 Å². The van der Waals surface area contributed by atoms with Crippen LogP contribution >= 0.6 is 22.9 Å². The monoisotopic (exact) mass is 333 g/mol. The zero-order valence-corrected chi connectivity index (χ0v) is 13.9. The maximum absolute atomic E-state index is 12.3.